The SMILES string of the molecule is CC(C)(C)OC(=O)N1CCN2c3c(ccc4c3C(O)OC4=O)OC[Si@@H]2C1. The molecular formula is C17H22N2O6Si. The Morgan fingerprint density at radius 2 is 2.12 bits per heavy atom. The Hall–Kier alpha value is -2.26. The number of carbonyl (C=O) groups is 2. The topological polar surface area (TPSA) is 88.5 Å². The third-order valence-corrected chi connectivity index (χ3v) is 7.53. The summed E-state index contributed by atoms with van der Waals surface area (Å²) in [5.74, 6) is 0.127. The number of rotatable bonds is 0. The molecule has 1 fully saturated rings. The molecule has 3 heterocycles. The molecule has 8 nitrogen and oxygen atoms in total. The Kier molecular flexibility index (Phi) is 3.88. The van der Waals surface area contributed by atoms with Crippen molar-refractivity contribution in [3.63, 3.8) is 0 Å². The van der Waals surface area contributed by atoms with E-state index in [9.17, 15) is 14.7 Å². The maximum absolute atomic E-state index is 12.4. The van der Waals surface area contributed by atoms with Gasteiger partial charge in [0.25, 0.3) is 0 Å². The first-order valence-electron chi connectivity index (χ1n) is 8.68. The molecule has 1 aromatic rings. The third kappa shape index (κ3) is 2.80. The molecule has 26 heavy (non-hydrogen) atoms. The highest BCUT2D eigenvalue weighted by Gasteiger charge is 2.42. The van der Waals surface area contributed by atoms with Gasteiger partial charge in [-0.05, 0) is 32.9 Å². The average Bonchev–Trinajstić information content (AvgIpc) is 2.86. The number of fused-ring (bicyclic) bond motifs is 5. The van der Waals surface area contributed by atoms with Gasteiger partial charge in [-0.3, -0.25) is 0 Å². The zero-order valence-corrected chi connectivity index (χ0v) is 16.2. The first-order chi connectivity index (χ1) is 12.2. The lowest BCUT2D eigenvalue weighted by atomic mass is 10.1. The van der Waals surface area contributed by atoms with E-state index in [1.165, 1.54) is 0 Å². The summed E-state index contributed by atoms with van der Waals surface area (Å²) in [7, 11) is -1.68. The van der Waals surface area contributed by atoms with E-state index in [0.29, 0.717) is 42.4 Å². The van der Waals surface area contributed by atoms with E-state index in [-0.39, 0.29) is 6.09 Å². The van der Waals surface area contributed by atoms with Crippen molar-refractivity contribution in [3.05, 3.63) is 23.3 Å². The number of anilines is 1. The van der Waals surface area contributed by atoms with Crippen molar-refractivity contribution in [1.82, 2.24) is 4.90 Å². The monoisotopic (exact) mass is 378 g/mol. The lowest BCUT2D eigenvalue weighted by Gasteiger charge is -2.45. The molecule has 0 saturated carbocycles. The predicted octanol–water partition coefficient (Wildman–Crippen LogP) is 1.10. The van der Waals surface area contributed by atoms with Crippen LogP contribution in [0.3, 0.4) is 0 Å². The van der Waals surface area contributed by atoms with E-state index in [1.54, 1.807) is 17.0 Å². The van der Waals surface area contributed by atoms with Gasteiger partial charge in [-0.1, -0.05) is 0 Å². The van der Waals surface area contributed by atoms with Crippen LogP contribution in [0.1, 0.15) is 43.0 Å². The lowest BCUT2D eigenvalue weighted by Crippen LogP contribution is -2.62. The molecule has 3 aliphatic heterocycles. The Labute approximate surface area is 152 Å². The number of aliphatic hydroxyl groups excluding tert-OH is 1. The van der Waals surface area contributed by atoms with Crippen molar-refractivity contribution < 1.29 is 28.9 Å². The maximum Gasteiger partial charge on any atom is 0.410 e. The number of benzene rings is 1. The first kappa shape index (κ1) is 17.2. The highest BCUT2D eigenvalue weighted by atomic mass is 28.3. The fourth-order valence-electron chi connectivity index (χ4n) is 3.62. The van der Waals surface area contributed by atoms with Crippen LogP contribution in [0.25, 0.3) is 0 Å². The standard InChI is InChI=1S/C17H22N2O6Si/c1-17(2,3)25-16(22)18-6-7-19-13-11(23-9-26(19)8-18)5-4-10-12(13)15(21)24-14(10)20/h4-5,15,21,26H,6-9H2,1-3H3/t15?,26-/m0/s1. The molecule has 1 amide bonds. The molecule has 2 atom stereocenters. The number of ether oxygens (including phenoxy) is 3. The van der Waals surface area contributed by atoms with Gasteiger partial charge in [0.15, 0.2) is 8.96 Å². The predicted molar refractivity (Wildman–Crippen MR) is 94.6 cm³/mol. The average molecular weight is 378 g/mol. The molecule has 0 aromatic heterocycles. The van der Waals surface area contributed by atoms with Gasteiger partial charge >= 0.3 is 12.1 Å². The third-order valence-electron chi connectivity index (χ3n) is 4.72. The van der Waals surface area contributed by atoms with E-state index in [4.69, 9.17) is 14.2 Å². The van der Waals surface area contributed by atoms with Crippen LogP contribution < -0.4 is 9.30 Å². The number of hydrogen-bond donors (Lipinski definition) is 1. The molecule has 0 aliphatic carbocycles. The van der Waals surface area contributed by atoms with Crippen LogP contribution in [0.5, 0.6) is 5.75 Å². The van der Waals surface area contributed by atoms with E-state index in [1.807, 2.05) is 20.8 Å². The Balaban J connectivity index is 1.60. The summed E-state index contributed by atoms with van der Waals surface area (Å²) in [5, 5.41) is 10.2. The molecule has 1 saturated heterocycles. The van der Waals surface area contributed by atoms with Crippen LogP contribution >= 0.6 is 0 Å². The van der Waals surface area contributed by atoms with E-state index in [0.717, 1.165) is 5.69 Å². The molecule has 0 radical (unpaired) electrons. The molecule has 9 heteroatoms. The van der Waals surface area contributed by atoms with Crippen LogP contribution in [0, 0.1) is 0 Å². The van der Waals surface area contributed by atoms with Crippen LogP contribution in [-0.2, 0) is 9.47 Å². The molecule has 3 aliphatic rings. The molecule has 1 unspecified atom stereocenters. The molecule has 0 spiro atoms. The maximum atomic E-state index is 12.4. The number of carbonyl (C=O) groups excluding carboxylic acids is 2. The van der Waals surface area contributed by atoms with Crippen LogP contribution in [0.15, 0.2) is 12.1 Å². The fraction of sp³-hybridized carbons (Fsp3) is 0.529. The van der Waals surface area contributed by atoms with E-state index in [2.05, 4.69) is 4.57 Å². The number of esters is 1. The quantitative estimate of drug-likeness (QED) is 0.534. The summed E-state index contributed by atoms with van der Waals surface area (Å²) in [4.78, 5) is 26.0. The van der Waals surface area contributed by atoms with Crippen molar-refractivity contribution in [2.24, 2.45) is 0 Å². The Morgan fingerprint density at radius 1 is 1.35 bits per heavy atom. The van der Waals surface area contributed by atoms with Gasteiger partial charge in [0.05, 0.1) is 23.0 Å². The number of amides is 1. The zero-order valence-electron chi connectivity index (χ0n) is 15.0. The van der Waals surface area contributed by atoms with Gasteiger partial charge < -0.3 is 28.8 Å². The minimum atomic E-state index is -1.68. The summed E-state index contributed by atoms with van der Waals surface area (Å²) in [6.45, 7) is 6.68. The fourth-order valence-corrected chi connectivity index (χ4v) is 6.43. The van der Waals surface area contributed by atoms with Gasteiger partial charge in [-0.15, -0.1) is 0 Å². The Morgan fingerprint density at radius 3 is 2.85 bits per heavy atom. The number of aliphatic hydroxyl groups is 1. The van der Waals surface area contributed by atoms with E-state index < -0.39 is 26.8 Å². The number of cyclic esters (lactones) is 1. The van der Waals surface area contributed by atoms with Gasteiger partial charge in [0.2, 0.25) is 6.29 Å². The summed E-state index contributed by atoms with van der Waals surface area (Å²) in [6.07, 6.45) is -0.446. The lowest BCUT2D eigenvalue weighted by molar-refractivity contribution is -0.0546. The summed E-state index contributed by atoms with van der Waals surface area (Å²) in [5.41, 5.74) is 1.07. The zero-order chi connectivity index (χ0) is 18.6. The first-order valence-corrected chi connectivity index (χ1v) is 10.8. The number of hydrogen-bond acceptors (Lipinski definition) is 7. The van der Waals surface area contributed by atoms with Gasteiger partial charge in [-0.2, -0.15) is 0 Å². The largest absolute Gasteiger partial charge is 0.493 e. The van der Waals surface area contributed by atoms with Crippen LogP contribution in [0.4, 0.5) is 10.5 Å². The Bertz CT molecular complexity index is 777. The molecule has 1 N–H and O–H groups in total. The van der Waals surface area contributed by atoms with Crippen molar-refractivity contribution in [1.29, 1.82) is 0 Å². The second-order valence-electron chi connectivity index (χ2n) is 7.72. The summed E-state index contributed by atoms with van der Waals surface area (Å²) >= 11 is 0. The summed E-state index contributed by atoms with van der Waals surface area (Å²) < 4.78 is 18.6. The van der Waals surface area contributed by atoms with Crippen molar-refractivity contribution in [2.75, 3.05) is 30.1 Å². The van der Waals surface area contributed by atoms with Crippen molar-refractivity contribution in [3.8, 4) is 5.75 Å². The normalized spacial score (nSPS) is 24.2. The van der Waals surface area contributed by atoms with Crippen LogP contribution in [-0.4, -0.2) is 62.1 Å². The minimum Gasteiger partial charge on any atom is -0.493 e. The second-order valence-corrected chi connectivity index (χ2v) is 10.3. The van der Waals surface area contributed by atoms with Gasteiger partial charge in [0, 0.05) is 19.3 Å². The molecule has 4 rings (SSSR count). The summed E-state index contributed by atoms with van der Waals surface area (Å²) in [6, 6.07) is 3.38. The molecular weight excluding hydrogens is 356 g/mol. The van der Waals surface area contributed by atoms with Gasteiger partial charge in [0.1, 0.15) is 11.4 Å². The van der Waals surface area contributed by atoms with Crippen LogP contribution in [0.2, 0.25) is 0 Å². The minimum absolute atomic E-state index is 0.313. The molecule has 0 bridgehead atoms. The highest BCUT2D eigenvalue weighted by Crippen LogP contribution is 2.45. The smallest absolute Gasteiger partial charge is 0.410 e. The second kappa shape index (κ2) is 5.88. The highest BCUT2D eigenvalue weighted by molar-refractivity contribution is 6.64. The number of nitrogens with zero attached hydrogens (tertiary/aromatic N) is 2. The molecule has 140 valence electrons. The van der Waals surface area contributed by atoms with E-state index >= 15 is 0 Å². The molecule has 1 aromatic carbocycles. The van der Waals surface area contributed by atoms with Crippen molar-refractivity contribution >= 4 is 26.7 Å². The van der Waals surface area contributed by atoms with Gasteiger partial charge in [-0.25, -0.2) is 9.59 Å². The van der Waals surface area contributed by atoms with Crippen molar-refractivity contribution in [2.45, 2.75) is 32.7 Å².